The molecular formula is C10H6BrF3N2. The smallest absolute Gasteiger partial charge is 0.240 e. The van der Waals surface area contributed by atoms with Gasteiger partial charge in [0.15, 0.2) is 0 Å². The van der Waals surface area contributed by atoms with Crippen LogP contribution in [0.4, 0.5) is 13.2 Å². The van der Waals surface area contributed by atoms with Crippen LogP contribution in [0.3, 0.4) is 0 Å². The van der Waals surface area contributed by atoms with Crippen molar-refractivity contribution in [1.29, 1.82) is 0 Å². The van der Waals surface area contributed by atoms with Gasteiger partial charge in [0, 0.05) is 6.17 Å². The minimum absolute atomic E-state index is 0.124. The molecule has 2 rings (SSSR count). The Bertz CT molecular complexity index is 773. The maximum absolute atomic E-state index is 13.0. The molecule has 0 radical (unpaired) electrons. The van der Waals surface area contributed by atoms with Crippen molar-refractivity contribution in [2.75, 3.05) is 0 Å². The zero-order valence-corrected chi connectivity index (χ0v) is 8.99. The molecule has 16 heavy (non-hydrogen) atoms. The number of hydrogen-bond donors (Lipinski definition) is 0. The van der Waals surface area contributed by atoms with E-state index >= 15 is 0 Å². The quantitative estimate of drug-likeness (QED) is 0.785. The second kappa shape index (κ2) is 3.93. The number of aromatic nitrogens is 2. The van der Waals surface area contributed by atoms with Crippen LogP contribution in [0.15, 0.2) is 41.0 Å². The first-order valence-corrected chi connectivity index (χ1v) is 4.67. The SMILES string of the molecule is [2H]c1nn(-c2c([2H])c([2H])c([2H])c(C(F)(F)F)c2[2H])c([2H])c1Br. The summed E-state index contributed by atoms with van der Waals surface area (Å²) in [5.41, 5.74) is -2.45. The molecule has 0 saturated carbocycles. The van der Waals surface area contributed by atoms with Gasteiger partial charge in [-0.3, -0.25) is 0 Å². The normalized spacial score (nSPS) is 17.0. The minimum atomic E-state index is -5.07. The maximum atomic E-state index is 13.0. The highest BCUT2D eigenvalue weighted by Crippen LogP contribution is 2.30. The molecule has 1 aromatic heterocycles. The highest BCUT2D eigenvalue weighted by atomic mass is 79.9. The Morgan fingerprint density at radius 1 is 1.38 bits per heavy atom. The molecule has 0 amide bonds. The largest absolute Gasteiger partial charge is 0.416 e. The molecule has 2 aromatic rings. The van der Waals surface area contributed by atoms with E-state index in [1.807, 2.05) is 0 Å². The van der Waals surface area contributed by atoms with Gasteiger partial charge in [-0.05, 0) is 34.1 Å². The van der Waals surface area contributed by atoms with E-state index in [1.54, 1.807) is 0 Å². The Balaban J connectivity index is 2.94. The third-order valence-electron chi connectivity index (χ3n) is 1.56. The summed E-state index contributed by atoms with van der Waals surface area (Å²) in [5.74, 6) is 0. The number of hydrogen-bond acceptors (Lipinski definition) is 1. The molecule has 0 bridgehead atoms. The summed E-state index contributed by atoms with van der Waals surface area (Å²) in [7, 11) is 0. The fourth-order valence-electron chi connectivity index (χ4n) is 0.924. The summed E-state index contributed by atoms with van der Waals surface area (Å²) >= 11 is 2.85. The van der Waals surface area contributed by atoms with Gasteiger partial charge in [-0.1, -0.05) is 6.04 Å². The first kappa shape index (κ1) is 5.86. The topological polar surface area (TPSA) is 17.8 Å². The predicted molar refractivity (Wildman–Crippen MR) is 56.3 cm³/mol. The first-order valence-electron chi connectivity index (χ1n) is 6.88. The monoisotopic (exact) mass is 296 g/mol. The molecule has 0 aliphatic heterocycles. The van der Waals surface area contributed by atoms with Crippen LogP contribution < -0.4 is 0 Å². The van der Waals surface area contributed by atoms with E-state index in [1.165, 1.54) is 0 Å². The number of benzene rings is 1. The fraction of sp³-hybridized carbons (Fsp3) is 0.100. The van der Waals surface area contributed by atoms with Gasteiger partial charge in [0.2, 0.25) is 0 Å². The van der Waals surface area contributed by atoms with Gasteiger partial charge < -0.3 is 0 Å². The van der Waals surface area contributed by atoms with Gasteiger partial charge in [0.05, 0.1) is 30.1 Å². The summed E-state index contributed by atoms with van der Waals surface area (Å²) in [6.07, 6.45) is -6.06. The van der Waals surface area contributed by atoms with Gasteiger partial charge in [-0.15, -0.1) is 0 Å². The molecule has 0 atom stereocenters. The standard InChI is InChI=1S/C10H6BrF3N2/c11-8-5-15-16(6-8)9-3-1-2-7(4-9)10(12,13)14/h1-6H/i1D,2D,3D,4D,5D,6D. The molecule has 0 unspecified atom stereocenters. The Morgan fingerprint density at radius 3 is 2.69 bits per heavy atom. The van der Waals surface area contributed by atoms with Crippen molar-refractivity contribution in [3.63, 3.8) is 0 Å². The van der Waals surface area contributed by atoms with E-state index in [9.17, 15) is 13.2 Å². The molecule has 0 fully saturated rings. The van der Waals surface area contributed by atoms with Gasteiger partial charge in [-0.25, -0.2) is 4.68 Å². The van der Waals surface area contributed by atoms with Gasteiger partial charge >= 0.3 is 6.18 Å². The minimum Gasteiger partial charge on any atom is -0.240 e. The number of rotatable bonds is 1. The Labute approximate surface area is 106 Å². The Morgan fingerprint density at radius 2 is 2.12 bits per heavy atom. The van der Waals surface area contributed by atoms with Crippen molar-refractivity contribution >= 4 is 15.9 Å². The number of nitrogens with zero attached hydrogens (tertiary/aromatic N) is 2. The summed E-state index contributed by atoms with van der Waals surface area (Å²) in [6.45, 7) is 0. The van der Waals surface area contributed by atoms with Gasteiger partial charge in [0.1, 0.15) is 0 Å². The molecule has 0 N–H and O–H groups in total. The molecule has 84 valence electrons. The van der Waals surface area contributed by atoms with Crippen LogP contribution in [0.1, 0.15) is 13.8 Å². The van der Waals surface area contributed by atoms with Crippen LogP contribution in [0.25, 0.3) is 5.69 Å². The van der Waals surface area contributed by atoms with Crippen LogP contribution in [0.2, 0.25) is 0 Å². The zero-order chi connectivity index (χ0) is 17.0. The fourth-order valence-corrected chi connectivity index (χ4v) is 1.17. The zero-order valence-electron chi connectivity index (χ0n) is 13.4. The summed E-state index contributed by atoms with van der Waals surface area (Å²) in [4.78, 5) is 0. The number of alkyl halides is 3. The van der Waals surface area contributed by atoms with E-state index in [-0.39, 0.29) is 4.47 Å². The molecule has 2 nitrogen and oxygen atoms in total. The lowest BCUT2D eigenvalue weighted by Crippen LogP contribution is -2.06. The van der Waals surface area contributed by atoms with E-state index in [0.717, 1.165) is 0 Å². The van der Waals surface area contributed by atoms with Crippen LogP contribution >= 0.6 is 15.9 Å². The first-order chi connectivity index (χ1) is 9.98. The lowest BCUT2D eigenvalue weighted by Gasteiger charge is -2.08. The third kappa shape index (κ3) is 2.27. The van der Waals surface area contributed by atoms with E-state index in [0.29, 0.717) is 4.68 Å². The highest BCUT2D eigenvalue weighted by Gasteiger charge is 2.30. The molecule has 0 spiro atoms. The summed E-state index contributed by atoms with van der Waals surface area (Å²) in [6, 6.07) is -4.39. The highest BCUT2D eigenvalue weighted by molar-refractivity contribution is 9.10. The third-order valence-corrected chi connectivity index (χ3v) is 1.91. The second-order valence-electron chi connectivity index (χ2n) is 2.67. The van der Waals surface area contributed by atoms with Crippen molar-refractivity contribution in [3.8, 4) is 5.69 Å². The van der Waals surface area contributed by atoms with Crippen LogP contribution in [-0.4, -0.2) is 9.78 Å². The van der Waals surface area contributed by atoms with E-state index in [4.69, 9.17) is 8.22 Å². The average molecular weight is 297 g/mol. The van der Waals surface area contributed by atoms with Crippen LogP contribution in [-0.2, 0) is 6.18 Å². The predicted octanol–water partition coefficient (Wildman–Crippen LogP) is 3.65. The van der Waals surface area contributed by atoms with Crippen molar-refractivity contribution in [3.05, 3.63) is 46.6 Å². The molecule has 0 aliphatic rings. The number of halogens is 4. The van der Waals surface area contributed by atoms with E-state index < -0.39 is 53.9 Å². The molecular weight excluding hydrogens is 285 g/mol. The van der Waals surface area contributed by atoms with Gasteiger partial charge in [-0.2, -0.15) is 18.3 Å². The van der Waals surface area contributed by atoms with Gasteiger partial charge in [0.25, 0.3) is 0 Å². The maximum Gasteiger partial charge on any atom is 0.416 e. The molecule has 6 heteroatoms. The van der Waals surface area contributed by atoms with Crippen LogP contribution in [0.5, 0.6) is 0 Å². The molecule has 1 heterocycles. The lowest BCUT2D eigenvalue weighted by molar-refractivity contribution is -0.137. The molecule has 0 saturated heterocycles. The Hall–Kier alpha value is -1.30. The summed E-state index contributed by atoms with van der Waals surface area (Å²) < 4.78 is 84.5. The van der Waals surface area contributed by atoms with Crippen molar-refractivity contribution in [2.24, 2.45) is 0 Å². The molecule has 1 aromatic carbocycles. The molecule has 0 aliphatic carbocycles. The summed E-state index contributed by atoms with van der Waals surface area (Å²) in [5, 5.41) is 3.49. The Kier molecular flexibility index (Phi) is 1.44. The van der Waals surface area contributed by atoms with Crippen molar-refractivity contribution in [1.82, 2.24) is 9.78 Å². The van der Waals surface area contributed by atoms with Crippen molar-refractivity contribution < 1.29 is 21.4 Å². The van der Waals surface area contributed by atoms with Crippen LogP contribution in [0, 0.1) is 0 Å². The second-order valence-corrected chi connectivity index (χ2v) is 3.46. The lowest BCUT2D eigenvalue weighted by atomic mass is 10.2. The van der Waals surface area contributed by atoms with E-state index in [2.05, 4.69) is 21.0 Å². The van der Waals surface area contributed by atoms with Crippen molar-refractivity contribution in [2.45, 2.75) is 6.18 Å². The average Bonchev–Trinajstić information content (AvgIpc) is 2.63.